The molecular weight excluding hydrogens is 450 g/mol. The van der Waals surface area contributed by atoms with Crippen LogP contribution in [-0.2, 0) is 22.4 Å². The summed E-state index contributed by atoms with van der Waals surface area (Å²) in [5.74, 6) is -0.799. The van der Waals surface area contributed by atoms with E-state index in [4.69, 9.17) is 21.4 Å². The van der Waals surface area contributed by atoms with Crippen LogP contribution in [0.4, 0.5) is 0 Å². The zero-order valence-corrected chi connectivity index (χ0v) is 21.4. The van der Waals surface area contributed by atoms with E-state index < -0.39 is 12.1 Å². The molecule has 1 fully saturated rings. The molecule has 2 aromatic rings. The minimum Gasteiger partial charge on any atom is -0.481 e. The van der Waals surface area contributed by atoms with Crippen LogP contribution < -0.4 is 0 Å². The van der Waals surface area contributed by atoms with E-state index in [9.17, 15) is 9.90 Å². The third kappa shape index (κ3) is 7.29. The Morgan fingerprint density at radius 1 is 1.24 bits per heavy atom. The normalized spacial score (nSPS) is 18.2. The van der Waals surface area contributed by atoms with Crippen LogP contribution in [-0.4, -0.2) is 52.9 Å². The van der Waals surface area contributed by atoms with Gasteiger partial charge in [0.25, 0.3) is 0 Å². The summed E-state index contributed by atoms with van der Waals surface area (Å²) in [7, 11) is 0. The van der Waals surface area contributed by atoms with Crippen molar-refractivity contribution >= 4 is 17.6 Å². The average Bonchev–Trinajstić information content (AvgIpc) is 3.22. The first kappa shape index (κ1) is 26.7. The number of carboxylic acid groups (broad SMARTS) is 1. The van der Waals surface area contributed by atoms with E-state index in [1.54, 1.807) is 0 Å². The lowest BCUT2D eigenvalue weighted by Crippen LogP contribution is -2.39. The maximum Gasteiger partial charge on any atom is 0.303 e. The molecule has 3 atom stereocenters. The van der Waals surface area contributed by atoms with Gasteiger partial charge in [0.1, 0.15) is 0 Å². The number of halogens is 1. The average molecular weight is 488 g/mol. The molecule has 0 aliphatic carbocycles. The molecule has 6 heteroatoms. The number of aliphatic hydroxyl groups excluding tert-OH is 1. The molecule has 0 spiro atoms. The maximum atomic E-state index is 11.1. The molecule has 2 aromatic carbocycles. The van der Waals surface area contributed by atoms with E-state index in [0.29, 0.717) is 19.0 Å². The van der Waals surface area contributed by atoms with Crippen molar-refractivity contribution in [3.63, 3.8) is 0 Å². The number of β-amino-alcohol motifs (C(OH)–C–C–N with tert-alkyl or cyclic N) is 1. The van der Waals surface area contributed by atoms with Crippen molar-refractivity contribution in [3.8, 4) is 0 Å². The third-order valence-corrected chi connectivity index (χ3v) is 7.30. The molecule has 0 saturated carbocycles. The Hall–Kier alpha value is -1.92. The number of carboxylic acids is 1. The Balaban J connectivity index is 1.58. The number of benzene rings is 2. The van der Waals surface area contributed by atoms with Crippen molar-refractivity contribution in [2.45, 2.75) is 77.5 Å². The molecule has 2 N–H and O–H groups in total. The van der Waals surface area contributed by atoms with Gasteiger partial charge in [0.15, 0.2) is 0 Å². The first-order chi connectivity index (χ1) is 16.3. The first-order valence-corrected chi connectivity index (χ1v) is 12.7. The number of likely N-dealkylation sites (tertiary alicyclic amines) is 1. The lowest BCUT2D eigenvalue weighted by molar-refractivity contribution is -0.136. The van der Waals surface area contributed by atoms with Gasteiger partial charge in [0.05, 0.1) is 18.8 Å². The molecule has 1 saturated heterocycles. The van der Waals surface area contributed by atoms with Crippen LogP contribution in [0.15, 0.2) is 36.4 Å². The van der Waals surface area contributed by atoms with Crippen molar-refractivity contribution in [1.82, 2.24) is 4.90 Å². The molecule has 186 valence electrons. The third-order valence-electron chi connectivity index (χ3n) is 6.89. The van der Waals surface area contributed by atoms with E-state index in [1.165, 1.54) is 5.56 Å². The van der Waals surface area contributed by atoms with Crippen LogP contribution in [0.1, 0.15) is 66.5 Å². The predicted octanol–water partition coefficient (Wildman–Crippen LogP) is 5.51. The van der Waals surface area contributed by atoms with Gasteiger partial charge in [-0.05, 0) is 86.4 Å². The molecular formula is C28H38ClNO4. The Labute approximate surface area is 208 Å². The smallest absolute Gasteiger partial charge is 0.303 e. The van der Waals surface area contributed by atoms with E-state index >= 15 is 0 Å². The summed E-state index contributed by atoms with van der Waals surface area (Å²) >= 11 is 6.31. The van der Waals surface area contributed by atoms with E-state index in [1.807, 2.05) is 32.0 Å². The van der Waals surface area contributed by atoms with Crippen molar-refractivity contribution in [2.24, 2.45) is 0 Å². The van der Waals surface area contributed by atoms with E-state index in [2.05, 4.69) is 30.0 Å². The fourth-order valence-electron chi connectivity index (χ4n) is 4.98. The predicted molar refractivity (Wildman–Crippen MR) is 137 cm³/mol. The van der Waals surface area contributed by atoms with E-state index in [0.717, 1.165) is 59.5 Å². The number of aliphatic hydroxyl groups is 1. The summed E-state index contributed by atoms with van der Waals surface area (Å²) in [5.41, 5.74) is 5.48. The topological polar surface area (TPSA) is 70.0 Å². The zero-order chi connectivity index (χ0) is 24.7. The first-order valence-electron chi connectivity index (χ1n) is 12.4. The summed E-state index contributed by atoms with van der Waals surface area (Å²) in [6, 6.07) is 12.7. The van der Waals surface area contributed by atoms with Crippen molar-refractivity contribution in [2.75, 3.05) is 19.7 Å². The fourth-order valence-corrected chi connectivity index (χ4v) is 5.18. The van der Waals surface area contributed by atoms with Gasteiger partial charge in [-0.3, -0.25) is 9.69 Å². The second-order valence-electron chi connectivity index (χ2n) is 9.50. The van der Waals surface area contributed by atoms with Crippen LogP contribution in [0.5, 0.6) is 0 Å². The highest BCUT2D eigenvalue weighted by molar-refractivity contribution is 6.31. The highest BCUT2D eigenvalue weighted by Gasteiger charge is 2.27. The largest absolute Gasteiger partial charge is 0.481 e. The Bertz CT molecular complexity index is 963. The van der Waals surface area contributed by atoms with Gasteiger partial charge in [-0.25, -0.2) is 0 Å². The quantitative estimate of drug-likeness (QED) is 0.413. The second-order valence-corrected chi connectivity index (χ2v) is 9.91. The molecule has 0 aromatic heterocycles. The number of hydrogen-bond acceptors (Lipinski definition) is 4. The van der Waals surface area contributed by atoms with Gasteiger partial charge < -0.3 is 14.9 Å². The van der Waals surface area contributed by atoms with E-state index in [-0.39, 0.29) is 19.1 Å². The molecule has 1 heterocycles. The molecule has 0 unspecified atom stereocenters. The van der Waals surface area contributed by atoms with Gasteiger partial charge in [0, 0.05) is 24.0 Å². The van der Waals surface area contributed by atoms with Crippen molar-refractivity contribution in [3.05, 3.63) is 69.2 Å². The van der Waals surface area contributed by atoms with Crippen LogP contribution >= 0.6 is 11.6 Å². The number of aliphatic carboxylic acids is 1. The Morgan fingerprint density at radius 2 is 2.03 bits per heavy atom. The highest BCUT2D eigenvalue weighted by Crippen LogP contribution is 2.29. The van der Waals surface area contributed by atoms with Gasteiger partial charge in [-0.2, -0.15) is 0 Å². The van der Waals surface area contributed by atoms with Gasteiger partial charge >= 0.3 is 5.97 Å². The monoisotopic (exact) mass is 487 g/mol. The molecule has 0 radical (unpaired) electrons. The van der Waals surface area contributed by atoms with Crippen molar-refractivity contribution < 1.29 is 19.7 Å². The lowest BCUT2D eigenvalue weighted by atomic mass is 9.93. The van der Waals surface area contributed by atoms with Crippen LogP contribution in [0, 0.1) is 13.8 Å². The van der Waals surface area contributed by atoms with Crippen molar-refractivity contribution in [1.29, 1.82) is 0 Å². The summed E-state index contributed by atoms with van der Waals surface area (Å²) < 4.78 is 6.19. The van der Waals surface area contributed by atoms with Gasteiger partial charge in [-0.1, -0.05) is 48.9 Å². The SMILES string of the molecule is CC[C@@H](OC[C@H](O)CN1CCC[C@H]1Cc1ccc(C)c(Cl)c1)c1cccc(C)c1CCC(=O)O. The standard InChI is InChI=1S/C28H38ClNO4/c1-4-27(25-9-5-7-19(2)24(25)12-13-28(32)33)34-18-23(31)17-30-14-6-8-22(30)15-21-11-10-20(3)26(29)16-21/h5,7,9-11,16,22-23,27,31H,4,6,8,12-15,17-18H2,1-3H3,(H,32,33)/t22-,23+,27+/m0/s1. The number of nitrogens with zero attached hydrogens (tertiary/aromatic N) is 1. The lowest BCUT2D eigenvalue weighted by Gasteiger charge is -2.28. The van der Waals surface area contributed by atoms with Crippen LogP contribution in [0.25, 0.3) is 0 Å². The summed E-state index contributed by atoms with van der Waals surface area (Å²) in [6.07, 6.45) is 3.78. The number of rotatable bonds is 12. The molecule has 0 amide bonds. The fraction of sp³-hybridized carbons (Fsp3) is 0.536. The summed E-state index contributed by atoms with van der Waals surface area (Å²) in [5, 5.41) is 20.7. The molecule has 1 aliphatic rings. The Morgan fingerprint density at radius 3 is 2.74 bits per heavy atom. The van der Waals surface area contributed by atoms with Gasteiger partial charge in [0.2, 0.25) is 0 Å². The number of carbonyl (C=O) groups is 1. The maximum absolute atomic E-state index is 11.1. The van der Waals surface area contributed by atoms with Crippen LogP contribution in [0.2, 0.25) is 5.02 Å². The number of ether oxygens (including phenoxy) is 1. The summed E-state index contributed by atoms with van der Waals surface area (Å²) in [6.45, 7) is 7.90. The highest BCUT2D eigenvalue weighted by atomic mass is 35.5. The summed E-state index contributed by atoms with van der Waals surface area (Å²) in [4.78, 5) is 13.5. The Kier molecular flexibility index (Phi) is 9.96. The molecule has 5 nitrogen and oxygen atoms in total. The second kappa shape index (κ2) is 12.7. The minimum absolute atomic E-state index is 0.0967. The molecule has 1 aliphatic heterocycles. The molecule has 0 bridgehead atoms. The van der Waals surface area contributed by atoms with Gasteiger partial charge in [-0.15, -0.1) is 0 Å². The van der Waals surface area contributed by atoms with Crippen LogP contribution in [0.3, 0.4) is 0 Å². The number of hydrogen-bond donors (Lipinski definition) is 2. The zero-order valence-electron chi connectivity index (χ0n) is 20.6. The number of aryl methyl sites for hydroxylation is 2. The minimum atomic E-state index is -0.799. The molecule has 34 heavy (non-hydrogen) atoms. The molecule has 3 rings (SSSR count).